The highest BCUT2D eigenvalue weighted by Crippen LogP contribution is 2.43. The topological polar surface area (TPSA) is 334 Å². The van der Waals surface area contributed by atoms with Crippen molar-refractivity contribution in [1.82, 2.24) is 87.0 Å². The number of aromatic nitrogens is 18. The van der Waals surface area contributed by atoms with Crippen LogP contribution in [0.3, 0.4) is 0 Å². The molecule has 0 bridgehead atoms. The number of ether oxygens (including phenoxy) is 10. The van der Waals surface area contributed by atoms with Gasteiger partial charge in [-0.15, -0.1) is 0 Å². The zero-order valence-electron chi connectivity index (χ0n) is 73.6. The van der Waals surface area contributed by atoms with Crippen LogP contribution in [0.25, 0.3) is 73.3 Å². The van der Waals surface area contributed by atoms with Crippen LogP contribution in [0.2, 0.25) is 0 Å². The summed E-state index contributed by atoms with van der Waals surface area (Å²) in [6.07, 6.45) is 47.5. The van der Waals surface area contributed by atoms with Gasteiger partial charge in [-0.2, -0.15) is 0 Å². The first-order chi connectivity index (χ1) is 65.7. The van der Waals surface area contributed by atoms with Crippen molar-refractivity contribution in [3.05, 3.63) is 254 Å². The van der Waals surface area contributed by atoms with Gasteiger partial charge in [0.05, 0.1) is 100 Å². The lowest BCUT2D eigenvalue weighted by atomic mass is 9.91. The lowest BCUT2D eigenvalue weighted by molar-refractivity contribution is 0.0705. The van der Waals surface area contributed by atoms with E-state index in [0.717, 1.165) is 308 Å². The zero-order valence-corrected chi connectivity index (χ0v) is 73.6. The van der Waals surface area contributed by atoms with Crippen LogP contribution in [0.4, 0.5) is 51.7 Å². The summed E-state index contributed by atoms with van der Waals surface area (Å²) in [5, 5.41) is 13.8. The Labute approximate surface area is 765 Å². The molecule has 8 aliphatic rings. The molecule has 0 radical (unpaired) electrons. The molecule has 13 aromatic heterocycles. The minimum absolute atomic E-state index is 0.276. The van der Waals surface area contributed by atoms with Gasteiger partial charge in [0.1, 0.15) is 23.9 Å². The summed E-state index contributed by atoms with van der Waals surface area (Å²) >= 11 is 0. The molecule has 672 valence electrons. The lowest BCUT2D eigenvalue weighted by Gasteiger charge is -2.41. The number of hydrogen-bond donors (Lipinski definition) is 4. The van der Waals surface area contributed by atoms with Gasteiger partial charge in [-0.25, -0.2) is 64.8 Å². The fraction of sp³-hybridized carbons (Fsp3) is 0.290. The number of hydrogen-bond acceptors (Lipinski definition) is 28. The summed E-state index contributed by atoms with van der Waals surface area (Å²) < 4.78 is 66.5. The second kappa shape index (κ2) is 37.6. The van der Waals surface area contributed by atoms with Gasteiger partial charge in [0.25, 0.3) is 0 Å². The summed E-state index contributed by atoms with van der Waals surface area (Å²) in [5.41, 5.74) is 22.9. The Hall–Kier alpha value is -15.4. The second-order valence-electron chi connectivity index (χ2n) is 33.7. The maximum absolute atomic E-state index is 6.07. The molecule has 33 nitrogen and oxygen atoms in total. The first-order valence-electron chi connectivity index (χ1n) is 45.3. The summed E-state index contributed by atoms with van der Waals surface area (Å²) in [7, 11) is 3.37. The highest BCUT2D eigenvalue weighted by molar-refractivity contribution is 5.80. The van der Waals surface area contributed by atoms with Crippen LogP contribution >= 0.6 is 0 Å². The summed E-state index contributed by atoms with van der Waals surface area (Å²) in [6, 6.07) is 35.8. The molecule has 1 unspecified atom stereocenters. The fourth-order valence-corrected chi connectivity index (χ4v) is 18.3. The molecular formula is C100H97N23O10. The van der Waals surface area contributed by atoms with Gasteiger partial charge in [0.15, 0.2) is 45.9 Å². The first kappa shape index (κ1) is 83.3. The summed E-state index contributed by atoms with van der Waals surface area (Å²) in [4.78, 5) is 62.2. The van der Waals surface area contributed by atoms with Gasteiger partial charge >= 0.3 is 0 Å². The Bertz CT molecular complexity index is 6900. The van der Waals surface area contributed by atoms with E-state index in [1.165, 1.54) is 11.1 Å². The number of fused-ring (bicyclic) bond motifs is 11. The van der Waals surface area contributed by atoms with E-state index in [2.05, 4.69) is 144 Å². The van der Waals surface area contributed by atoms with Crippen LogP contribution in [0.1, 0.15) is 96.6 Å². The number of anilines is 9. The largest absolute Gasteiger partial charge is 0.496 e. The Morgan fingerprint density at radius 3 is 1.20 bits per heavy atom. The molecule has 0 spiro atoms. The maximum atomic E-state index is 6.07. The standard InChI is InChI=1S/C26H27N5O3.C25H24N6O3.C25H25N5O2.C24H21N7O2/c1-32-23-14-20(4-5-21(23)17-6-11-33-12-7-17)29-24-25-27-8-9-31(25)16-22(30-24)19-13-18-3-2-10-34-26(18)28-15-19;1-2-16-10-17(12-27-25(16)33-8-1)20-13-30-6-5-26-24(30)23(29-20)28-18-3-4-21-22(11-18)34-15-19-14-32-9-7-31(19)21;1-2-19-14-20(15-27-25(19)32-11-1)22-16-30-10-9-26-24(30)23(29-22)28-21-5-3-17(4-6-21)18-7-12-31-13-8-18;1-32-21-12-18(4-5-20(21)31-8-6-25-15-31)28-22-23-26-7-9-30(23)14-19(29-22)17-11-16-3-2-10-33-24(16)27-13-17/h4-5,8-9,13-17H,2-3,6-7,10-12H2,1H3,(H,29,30);3-6,10-13,19H,1-2,7-9,14-15H2,(H,28,29);3-6,9-10,14-16,18H,1-2,7-8,11-13H2,(H,28,29);4-9,11-15H,2-3,10H2,1H3,(H,28,29). The zero-order chi connectivity index (χ0) is 88.9. The van der Waals surface area contributed by atoms with E-state index in [9.17, 15) is 0 Å². The quantitative estimate of drug-likeness (QED) is 0.0658. The minimum atomic E-state index is 0.276. The molecule has 0 amide bonds. The molecule has 1 atom stereocenters. The molecule has 0 aliphatic carbocycles. The molecular weight excluding hydrogens is 1680 g/mol. The molecule has 4 aromatic carbocycles. The van der Waals surface area contributed by atoms with Gasteiger partial charge in [-0.3, -0.25) is 0 Å². The van der Waals surface area contributed by atoms with Crippen molar-refractivity contribution >= 4 is 74.3 Å². The first-order valence-corrected chi connectivity index (χ1v) is 45.3. The van der Waals surface area contributed by atoms with E-state index in [-0.39, 0.29) is 6.04 Å². The predicted molar refractivity (Wildman–Crippen MR) is 502 cm³/mol. The maximum Gasteiger partial charge on any atom is 0.216 e. The number of morpholine rings is 1. The number of aryl methyl sites for hydroxylation is 4. The Balaban J connectivity index is 0.000000103. The van der Waals surface area contributed by atoms with E-state index in [1.54, 1.807) is 51.5 Å². The van der Waals surface area contributed by atoms with Crippen molar-refractivity contribution in [2.24, 2.45) is 0 Å². The van der Waals surface area contributed by atoms with E-state index < -0.39 is 0 Å². The predicted octanol–water partition coefficient (Wildman–Crippen LogP) is 17.0. The van der Waals surface area contributed by atoms with Crippen molar-refractivity contribution in [3.63, 3.8) is 0 Å². The molecule has 33 heteroatoms. The van der Waals surface area contributed by atoms with Crippen LogP contribution in [0.5, 0.6) is 40.8 Å². The number of pyridine rings is 4. The van der Waals surface area contributed by atoms with Crippen LogP contribution in [-0.2, 0) is 39.9 Å². The van der Waals surface area contributed by atoms with Crippen molar-refractivity contribution in [1.29, 1.82) is 0 Å². The summed E-state index contributed by atoms with van der Waals surface area (Å²) in [5.74, 6) is 9.15. The average molecular weight is 1780 g/mol. The van der Waals surface area contributed by atoms with Gasteiger partial charge in [0, 0.05) is 230 Å². The monoisotopic (exact) mass is 1780 g/mol. The second-order valence-corrected chi connectivity index (χ2v) is 33.7. The highest BCUT2D eigenvalue weighted by atomic mass is 16.5. The molecule has 0 saturated carbocycles. The number of benzene rings is 4. The average Bonchev–Trinajstić information content (AvgIpc) is 1.29. The molecule has 17 aromatic rings. The number of nitrogens with zero attached hydrogens (tertiary/aromatic N) is 19. The van der Waals surface area contributed by atoms with Gasteiger partial charge in [-0.1, -0.05) is 18.2 Å². The van der Waals surface area contributed by atoms with Crippen LogP contribution in [0, 0.1) is 0 Å². The third-order valence-electron chi connectivity index (χ3n) is 25.1. The van der Waals surface area contributed by atoms with Crippen molar-refractivity contribution in [2.75, 3.05) is 120 Å². The summed E-state index contributed by atoms with van der Waals surface area (Å²) in [6.45, 7) is 9.16. The van der Waals surface area contributed by atoms with Crippen molar-refractivity contribution < 1.29 is 47.4 Å². The third-order valence-corrected chi connectivity index (χ3v) is 25.1. The van der Waals surface area contributed by atoms with Crippen LogP contribution in [0.15, 0.2) is 221 Å². The molecule has 4 N–H and O–H groups in total. The fourth-order valence-electron chi connectivity index (χ4n) is 18.3. The SMILES string of the molecule is COc1cc(Nc2nc(-c3cnc4c(c3)CCCO4)cn3ccnc23)ccc1-n1ccnc1.COc1cc(Nc2nc(-c3cnc4c(c3)CCCO4)cn3ccnc23)ccc1C1CCOCC1.c1cn2cc(-c3cnc4c(c3)CCCO4)nc(Nc3ccc(C4CCOCC4)cc3)c2n1.c1cn2cc(-c3cnc4c(c3)CCCO4)nc(Nc3ccc4c(c3)OCC3COCCN43)c2n1. The van der Waals surface area contributed by atoms with Gasteiger partial charge in [0.2, 0.25) is 23.5 Å². The van der Waals surface area contributed by atoms with Gasteiger partial charge < -0.3 is 95.7 Å². The molecule has 25 rings (SSSR count). The minimum Gasteiger partial charge on any atom is -0.496 e. The van der Waals surface area contributed by atoms with E-state index >= 15 is 0 Å². The number of rotatable bonds is 17. The normalized spacial score (nSPS) is 16.1. The smallest absolute Gasteiger partial charge is 0.216 e. The van der Waals surface area contributed by atoms with Crippen LogP contribution in [-0.4, -0.2) is 186 Å². The molecule has 21 heterocycles. The van der Waals surface area contributed by atoms with Crippen molar-refractivity contribution in [2.45, 2.75) is 94.9 Å². The number of methoxy groups -OCH3 is 2. The Morgan fingerprint density at radius 1 is 0.361 bits per heavy atom. The lowest BCUT2D eigenvalue weighted by Crippen LogP contribution is -2.51. The third kappa shape index (κ3) is 17.9. The molecule has 133 heavy (non-hydrogen) atoms. The Morgan fingerprint density at radius 2 is 0.767 bits per heavy atom. The molecule has 3 saturated heterocycles. The molecule has 3 fully saturated rings. The Kier molecular flexibility index (Phi) is 23.6. The van der Waals surface area contributed by atoms with Crippen molar-refractivity contribution in [3.8, 4) is 91.5 Å². The molecule has 8 aliphatic heterocycles. The number of imidazole rings is 5. The number of nitrogens with one attached hydrogen (secondary N) is 4. The van der Waals surface area contributed by atoms with Crippen LogP contribution < -0.4 is 59.3 Å². The van der Waals surface area contributed by atoms with E-state index in [1.807, 2.05) is 133 Å². The van der Waals surface area contributed by atoms with Gasteiger partial charge in [-0.05, 0) is 167 Å². The highest BCUT2D eigenvalue weighted by Gasteiger charge is 2.32. The van der Waals surface area contributed by atoms with E-state index in [4.69, 9.17) is 67.3 Å². The van der Waals surface area contributed by atoms with E-state index in [0.29, 0.717) is 48.3 Å².